The second-order valence-corrected chi connectivity index (χ2v) is 6.23. The molecule has 0 N–H and O–H groups in total. The van der Waals surface area contributed by atoms with E-state index in [9.17, 15) is 0 Å². The van der Waals surface area contributed by atoms with Crippen LogP contribution in [0.5, 0.6) is 0 Å². The van der Waals surface area contributed by atoms with Gasteiger partial charge in [-0.1, -0.05) is 72.9 Å². The highest BCUT2D eigenvalue weighted by Gasteiger charge is 2.19. The van der Waals surface area contributed by atoms with Gasteiger partial charge in [-0.25, -0.2) is 0 Å². The van der Waals surface area contributed by atoms with Gasteiger partial charge in [-0.3, -0.25) is 0 Å². The number of nitrogens with zero attached hydrogens (tertiary/aromatic N) is 1. The van der Waals surface area contributed by atoms with E-state index in [-0.39, 0.29) is 0 Å². The Bertz CT molecular complexity index is 699. The second kappa shape index (κ2) is 9.68. The van der Waals surface area contributed by atoms with E-state index >= 15 is 0 Å². The summed E-state index contributed by atoms with van der Waals surface area (Å²) in [6.07, 6.45) is 20.6. The molecule has 1 aliphatic rings. The number of allylic oxidation sites excluding steroid dienone is 10. The summed E-state index contributed by atoms with van der Waals surface area (Å²) in [5.74, 6) is 0. The lowest BCUT2D eigenvalue weighted by Gasteiger charge is -2.34. The van der Waals surface area contributed by atoms with Crippen LogP contribution in [0, 0.1) is 0 Å². The van der Waals surface area contributed by atoms with E-state index in [1.807, 2.05) is 13.8 Å². The Labute approximate surface area is 153 Å². The summed E-state index contributed by atoms with van der Waals surface area (Å²) < 4.78 is 0. The maximum Gasteiger partial charge on any atom is 0.0553 e. The summed E-state index contributed by atoms with van der Waals surface area (Å²) in [7, 11) is 0. The van der Waals surface area contributed by atoms with Gasteiger partial charge >= 0.3 is 0 Å². The van der Waals surface area contributed by atoms with Crippen LogP contribution in [0.3, 0.4) is 0 Å². The molecule has 1 aromatic carbocycles. The number of hydrogen-bond donors (Lipinski definition) is 0. The highest BCUT2D eigenvalue weighted by atomic mass is 15.2. The van der Waals surface area contributed by atoms with Gasteiger partial charge in [-0.05, 0) is 57.4 Å². The normalized spacial score (nSPS) is 18.9. The van der Waals surface area contributed by atoms with Crippen molar-refractivity contribution in [1.82, 2.24) is 4.90 Å². The first kappa shape index (κ1) is 18.8. The van der Waals surface area contributed by atoms with Crippen LogP contribution in [0.15, 0.2) is 96.4 Å². The molecular formula is C24H29N. The Morgan fingerprint density at radius 3 is 2.04 bits per heavy atom. The minimum Gasteiger partial charge on any atom is -0.342 e. The van der Waals surface area contributed by atoms with Crippen LogP contribution in [-0.2, 0) is 0 Å². The molecule has 0 amide bonds. The van der Waals surface area contributed by atoms with Crippen molar-refractivity contribution in [2.24, 2.45) is 0 Å². The zero-order valence-corrected chi connectivity index (χ0v) is 15.8. The Kier molecular flexibility index (Phi) is 7.28. The largest absolute Gasteiger partial charge is 0.342 e. The highest BCUT2D eigenvalue weighted by molar-refractivity contribution is 5.75. The topological polar surface area (TPSA) is 3.24 Å². The van der Waals surface area contributed by atoms with Gasteiger partial charge in [0.2, 0.25) is 0 Å². The van der Waals surface area contributed by atoms with Gasteiger partial charge in [0.05, 0.1) is 6.04 Å². The standard InChI is InChI=1S/C24H29N/c1-5-7-12-20(3)25(21(4)13-8-6-2)24-18-16-23(17-19-24)22-14-10-9-11-15-22/h5-18,24H,19H2,1-4H3/b7-5-,8-6-,20-12+,21-13+. The first-order valence-electron chi connectivity index (χ1n) is 8.99. The van der Waals surface area contributed by atoms with E-state index in [1.54, 1.807) is 0 Å². The molecular weight excluding hydrogens is 302 g/mol. The minimum absolute atomic E-state index is 0.343. The SMILES string of the molecule is C/C=C\C=C(/C)N(/C(C)=C/C=C\C)C1C=CC(c2ccccc2)=CC1. The van der Waals surface area contributed by atoms with Gasteiger partial charge in [0, 0.05) is 11.4 Å². The molecule has 0 aliphatic heterocycles. The summed E-state index contributed by atoms with van der Waals surface area (Å²) in [4.78, 5) is 2.41. The number of rotatable bonds is 6. The molecule has 0 bridgehead atoms. The molecule has 0 saturated heterocycles. The Morgan fingerprint density at radius 1 is 0.960 bits per heavy atom. The van der Waals surface area contributed by atoms with Crippen molar-refractivity contribution >= 4 is 5.57 Å². The third-order valence-electron chi connectivity index (χ3n) is 4.34. The van der Waals surface area contributed by atoms with Crippen molar-refractivity contribution < 1.29 is 0 Å². The molecule has 0 saturated carbocycles. The molecule has 0 aromatic heterocycles. The maximum absolute atomic E-state index is 2.41. The third kappa shape index (κ3) is 5.22. The van der Waals surface area contributed by atoms with Crippen molar-refractivity contribution in [3.63, 3.8) is 0 Å². The first-order chi connectivity index (χ1) is 12.2. The summed E-state index contributed by atoms with van der Waals surface area (Å²) >= 11 is 0. The van der Waals surface area contributed by atoms with Gasteiger partial charge in [-0.2, -0.15) is 0 Å². The molecule has 0 radical (unpaired) electrons. The zero-order valence-electron chi connectivity index (χ0n) is 15.8. The Morgan fingerprint density at radius 2 is 1.56 bits per heavy atom. The summed E-state index contributed by atoms with van der Waals surface area (Å²) in [5, 5.41) is 0. The molecule has 2 rings (SSSR count). The predicted molar refractivity (Wildman–Crippen MR) is 111 cm³/mol. The number of benzene rings is 1. The van der Waals surface area contributed by atoms with E-state index in [4.69, 9.17) is 0 Å². The van der Waals surface area contributed by atoms with Crippen molar-refractivity contribution in [2.75, 3.05) is 0 Å². The zero-order chi connectivity index (χ0) is 18.1. The van der Waals surface area contributed by atoms with Crippen LogP contribution in [0.25, 0.3) is 5.57 Å². The molecule has 0 heterocycles. The van der Waals surface area contributed by atoms with E-state index in [0.29, 0.717) is 6.04 Å². The molecule has 1 heteroatoms. The lowest BCUT2D eigenvalue weighted by Crippen LogP contribution is -2.31. The van der Waals surface area contributed by atoms with E-state index in [0.717, 1.165) is 6.42 Å². The van der Waals surface area contributed by atoms with E-state index in [2.05, 4.69) is 104 Å². The van der Waals surface area contributed by atoms with Crippen LogP contribution >= 0.6 is 0 Å². The molecule has 0 spiro atoms. The van der Waals surface area contributed by atoms with Gasteiger partial charge in [0.1, 0.15) is 0 Å². The van der Waals surface area contributed by atoms with Gasteiger partial charge < -0.3 is 4.90 Å². The first-order valence-corrected chi connectivity index (χ1v) is 8.99. The fraction of sp³-hybridized carbons (Fsp3) is 0.250. The molecule has 1 aliphatic carbocycles. The molecule has 0 fully saturated rings. The van der Waals surface area contributed by atoms with Gasteiger partial charge in [0.25, 0.3) is 0 Å². The lowest BCUT2D eigenvalue weighted by molar-refractivity contribution is 0.363. The number of hydrogen-bond acceptors (Lipinski definition) is 1. The predicted octanol–water partition coefficient (Wildman–Crippen LogP) is 6.66. The second-order valence-electron chi connectivity index (χ2n) is 6.23. The quantitative estimate of drug-likeness (QED) is 0.527. The summed E-state index contributed by atoms with van der Waals surface area (Å²) in [6, 6.07) is 10.9. The maximum atomic E-state index is 2.41. The summed E-state index contributed by atoms with van der Waals surface area (Å²) in [5.41, 5.74) is 5.10. The lowest BCUT2D eigenvalue weighted by atomic mass is 9.96. The van der Waals surface area contributed by atoms with Crippen LogP contribution < -0.4 is 0 Å². The van der Waals surface area contributed by atoms with Crippen molar-refractivity contribution in [3.05, 3.63) is 102 Å². The fourth-order valence-electron chi connectivity index (χ4n) is 3.08. The molecule has 1 nitrogen and oxygen atoms in total. The van der Waals surface area contributed by atoms with E-state index < -0.39 is 0 Å². The summed E-state index contributed by atoms with van der Waals surface area (Å²) in [6.45, 7) is 8.45. The van der Waals surface area contributed by atoms with E-state index in [1.165, 1.54) is 22.5 Å². The monoisotopic (exact) mass is 331 g/mol. The average molecular weight is 332 g/mol. The van der Waals surface area contributed by atoms with Crippen LogP contribution in [-0.4, -0.2) is 10.9 Å². The molecule has 1 atom stereocenters. The third-order valence-corrected chi connectivity index (χ3v) is 4.34. The van der Waals surface area contributed by atoms with Crippen LogP contribution in [0.1, 0.15) is 39.7 Å². The van der Waals surface area contributed by atoms with Gasteiger partial charge in [0.15, 0.2) is 0 Å². The highest BCUT2D eigenvalue weighted by Crippen LogP contribution is 2.27. The average Bonchev–Trinajstić information content (AvgIpc) is 2.66. The van der Waals surface area contributed by atoms with Crippen LogP contribution in [0.4, 0.5) is 0 Å². The Hall–Kier alpha value is -2.54. The van der Waals surface area contributed by atoms with Gasteiger partial charge in [-0.15, -0.1) is 0 Å². The van der Waals surface area contributed by atoms with Crippen molar-refractivity contribution in [1.29, 1.82) is 0 Å². The Balaban J connectivity index is 2.25. The van der Waals surface area contributed by atoms with Crippen molar-refractivity contribution in [2.45, 2.75) is 40.2 Å². The fourth-order valence-corrected chi connectivity index (χ4v) is 3.08. The molecule has 130 valence electrons. The van der Waals surface area contributed by atoms with Crippen molar-refractivity contribution in [3.8, 4) is 0 Å². The molecule has 1 unspecified atom stereocenters. The molecule has 1 aromatic rings. The minimum atomic E-state index is 0.343. The molecule has 25 heavy (non-hydrogen) atoms. The smallest absolute Gasteiger partial charge is 0.0553 e. The van der Waals surface area contributed by atoms with Crippen LogP contribution in [0.2, 0.25) is 0 Å².